The molecule has 2 aromatic carbocycles. The minimum Gasteiger partial charge on any atom is -0.386 e. The van der Waals surface area contributed by atoms with E-state index in [1.165, 1.54) is 5.56 Å². The van der Waals surface area contributed by atoms with E-state index in [0.29, 0.717) is 5.92 Å². The van der Waals surface area contributed by atoms with E-state index < -0.39 is 0 Å². The van der Waals surface area contributed by atoms with E-state index in [1.54, 1.807) is 6.21 Å². The molecule has 1 N–H and O–H groups in total. The first-order chi connectivity index (χ1) is 11.0. The number of carbonyl (C=O) groups excluding carboxylic acids is 1. The summed E-state index contributed by atoms with van der Waals surface area (Å²) in [5, 5.41) is 6.59. The highest BCUT2D eigenvalue weighted by Gasteiger charge is 2.02. The SMILES string of the molecule is Cc1cccc(NC(=O)CO/N=C\c2ccc(C(C)C)cc2)c1. The van der Waals surface area contributed by atoms with E-state index in [-0.39, 0.29) is 12.5 Å². The molecule has 120 valence electrons. The molecule has 23 heavy (non-hydrogen) atoms. The van der Waals surface area contributed by atoms with E-state index >= 15 is 0 Å². The maximum absolute atomic E-state index is 11.7. The molecule has 0 atom stereocenters. The Morgan fingerprint density at radius 2 is 1.96 bits per heavy atom. The van der Waals surface area contributed by atoms with Crippen molar-refractivity contribution in [3.8, 4) is 0 Å². The highest BCUT2D eigenvalue weighted by atomic mass is 16.6. The summed E-state index contributed by atoms with van der Waals surface area (Å²) < 4.78 is 0. The normalized spacial score (nSPS) is 11.0. The van der Waals surface area contributed by atoms with Crippen molar-refractivity contribution >= 4 is 17.8 Å². The number of benzene rings is 2. The van der Waals surface area contributed by atoms with Crippen LogP contribution in [0.15, 0.2) is 53.7 Å². The molecule has 1 amide bonds. The Kier molecular flexibility index (Phi) is 5.92. The summed E-state index contributed by atoms with van der Waals surface area (Å²) in [6, 6.07) is 15.7. The predicted molar refractivity (Wildman–Crippen MR) is 93.9 cm³/mol. The lowest BCUT2D eigenvalue weighted by atomic mass is 10.0. The van der Waals surface area contributed by atoms with E-state index in [0.717, 1.165) is 16.8 Å². The molecule has 0 spiro atoms. The average molecular weight is 310 g/mol. The summed E-state index contributed by atoms with van der Waals surface area (Å²) in [4.78, 5) is 16.8. The molecule has 0 radical (unpaired) electrons. The zero-order valence-corrected chi connectivity index (χ0v) is 13.7. The zero-order valence-electron chi connectivity index (χ0n) is 13.7. The van der Waals surface area contributed by atoms with E-state index in [9.17, 15) is 4.79 Å². The zero-order chi connectivity index (χ0) is 16.7. The number of nitrogens with zero attached hydrogens (tertiary/aromatic N) is 1. The van der Waals surface area contributed by atoms with Gasteiger partial charge in [0.05, 0.1) is 6.21 Å². The molecule has 2 aromatic rings. The first-order valence-electron chi connectivity index (χ1n) is 7.66. The quantitative estimate of drug-likeness (QED) is 0.645. The number of hydrogen-bond donors (Lipinski definition) is 1. The molecule has 0 fully saturated rings. The van der Waals surface area contributed by atoms with Crippen molar-refractivity contribution in [2.75, 3.05) is 11.9 Å². The molecular formula is C19H22N2O2. The first-order valence-corrected chi connectivity index (χ1v) is 7.66. The fourth-order valence-electron chi connectivity index (χ4n) is 2.08. The monoisotopic (exact) mass is 310 g/mol. The third-order valence-corrected chi connectivity index (χ3v) is 3.38. The van der Waals surface area contributed by atoms with Gasteiger partial charge in [0.15, 0.2) is 6.61 Å². The number of nitrogens with one attached hydrogen (secondary N) is 1. The molecule has 4 heteroatoms. The van der Waals surface area contributed by atoms with Gasteiger partial charge >= 0.3 is 0 Å². The predicted octanol–water partition coefficient (Wildman–Crippen LogP) is 4.11. The fourth-order valence-corrected chi connectivity index (χ4v) is 2.08. The maximum Gasteiger partial charge on any atom is 0.265 e. The summed E-state index contributed by atoms with van der Waals surface area (Å²) in [5.41, 5.74) is 4.06. The topological polar surface area (TPSA) is 50.7 Å². The Bertz CT molecular complexity index is 676. The van der Waals surface area contributed by atoms with Gasteiger partial charge in [0.25, 0.3) is 5.91 Å². The Morgan fingerprint density at radius 3 is 2.61 bits per heavy atom. The standard InChI is InChI=1S/C19H22N2O2/c1-14(2)17-9-7-16(8-10-17)12-20-23-13-19(22)21-18-6-4-5-15(3)11-18/h4-12,14H,13H2,1-3H3,(H,21,22)/b20-12-. The van der Waals surface area contributed by atoms with Crippen LogP contribution in [0.4, 0.5) is 5.69 Å². The number of anilines is 1. The molecule has 0 saturated heterocycles. The second-order valence-electron chi connectivity index (χ2n) is 5.75. The third-order valence-electron chi connectivity index (χ3n) is 3.38. The number of carbonyl (C=O) groups is 1. The first kappa shape index (κ1) is 16.7. The van der Waals surface area contributed by atoms with E-state index in [1.807, 2.05) is 43.3 Å². The Morgan fingerprint density at radius 1 is 1.22 bits per heavy atom. The van der Waals surface area contributed by atoms with Gasteiger partial charge in [0.2, 0.25) is 0 Å². The van der Waals surface area contributed by atoms with Crippen LogP contribution < -0.4 is 5.32 Å². The minimum absolute atomic E-state index is 0.117. The van der Waals surface area contributed by atoms with Crippen molar-refractivity contribution in [1.82, 2.24) is 0 Å². The molecule has 0 aliphatic rings. The number of oxime groups is 1. The van der Waals surface area contributed by atoms with Gasteiger partial charge in [-0.3, -0.25) is 4.79 Å². The molecule has 4 nitrogen and oxygen atoms in total. The minimum atomic E-state index is -0.233. The molecule has 0 aliphatic heterocycles. The summed E-state index contributed by atoms with van der Waals surface area (Å²) >= 11 is 0. The fraction of sp³-hybridized carbons (Fsp3) is 0.263. The van der Waals surface area contributed by atoms with E-state index in [4.69, 9.17) is 4.84 Å². The van der Waals surface area contributed by atoms with Crippen molar-refractivity contribution in [3.63, 3.8) is 0 Å². The van der Waals surface area contributed by atoms with Crippen LogP contribution in [-0.2, 0) is 9.63 Å². The largest absolute Gasteiger partial charge is 0.386 e. The lowest BCUT2D eigenvalue weighted by molar-refractivity contribution is -0.120. The van der Waals surface area contributed by atoms with Gasteiger partial charge in [-0.1, -0.05) is 55.4 Å². The number of rotatable bonds is 6. The summed E-state index contributed by atoms with van der Waals surface area (Å²) in [6.07, 6.45) is 1.60. The maximum atomic E-state index is 11.7. The van der Waals surface area contributed by atoms with Crippen LogP contribution >= 0.6 is 0 Å². The van der Waals surface area contributed by atoms with Gasteiger partial charge in [0.1, 0.15) is 0 Å². The van der Waals surface area contributed by atoms with Crippen molar-refractivity contribution in [1.29, 1.82) is 0 Å². The molecular weight excluding hydrogens is 288 g/mol. The smallest absolute Gasteiger partial charge is 0.265 e. The molecule has 0 heterocycles. The molecule has 0 aromatic heterocycles. The van der Waals surface area contributed by atoms with Gasteiger partial charge in [-0.05, 0) is 41.7 Å². The number of aryl methyl sites for hydroxylation is 1. The van der Waals surface area contributed by atoms with Crippen molar-refractivity contribution in [3.05, 3.63) is 65.2 Å². The summed E-state index contributed by atoms with van der Waals surface area (Å²) in [7, 11) is 0. The van der Waals surface area contributed by atoms with Gasteiger partial charge in [0, 0.05) is 5.69 Å². The van der Waals surface area contributed by atoms with E-state index in [2.05, 4.69) is 36.5 Å². The van der Waals surface area contributed by atoms with Gasteiger partial charge in [-0.25, -0.2) is 0 Å². The summed E-state index contributed by atoms with van der Waals surface area (Å²) in [5.74, 6) is 0.269. The highest BCUT2D eigenvalue weighted by Crippen LogP contribution is 2.14. The van der Waals surface area contributed by atoms with Crippen molar-refractivity contribution in [2.45, 2.75) is 26.7 Å². The average Bonchev–Trinajstić information content (AvgIpc) is 2.52. The lowest BCUT2D eigenvalue weighted by Gasteiger charge is -2.05. The highest BCUT2D eigenvalue weighted by molar-refractivity contribution is 5.91. The van der Waals surface area contributed by atoms with Crippen LogP contribution in [-0.4, -0.2) is 18.7 Å². The molecule has 0 aliphatic carbocycles. The summed E-state index contributed by atoms with van der Waals surface area (Å²) in [6.45, 7) is 6.16. The van der Waals surface area contributed by atoms with Crippen LogP contribution in [0.5, 0.6) is 0 Å². The molecule has 2 rings (SSSR count). The van der Waals surface area contributed by atoms with Crippen molar-refractivity contribution in [2.24, 2.45) is 5.16 Å². The Hall–Kier alpha value is -2.62. The van der Waals surface area contributed by atoms with Gasteiger partial charge in [-0.15, -0.1) is 0 Å². The molecule has 0 saturated carbocycles. The van der Waals surface area contributed by atoms with Gasteiger partial charge in [-0.2, -0.15) is 0 Å². The lowest BCUT2D eigenvalue weighted by Crippen LogP contribution is -2.16. The van der Waals surface area contributed by atoms with Crippen LogP contribution in [0.2, 0.25) is 0 Å². The second kappa shape index (κ2) is 8.13. The number of amides is 1. The van der Waals surface area contributed by atoms with Gasteiger partial charge < -0.3 is 10.2 Å². The molecule has 0 unspecified atom stereocenters. The van der Waals surface area contributed by atoms with Crippen LogP contribution in [0, 0.1) is 6.92 Å². The van der Waals surface area contributed by atoms with Crippen LogP contribution in [0.1, 0.15) is 36.5 Å². The Balaban J connectivity index is 1.78. The van der Waals surface area contributed by atoms with Crippen LogP contribution in [0.3, 0.4) is 0 Å². The Labute approximate surface area is 137 Å². The molecule has 0 bridgehead atoms. The third kappa shape index (κ3) is 5.58. The number of hydrogen-bond acceptors (Lipinski definition) is 3. The second-order valence-corrected chi connectivity index (χ2v) is 5.75. The van der Waals surface area contributed by atoms with Crippen molar-refractivity contribution < 1.29 is 9.63 Å². The van der Waals surface area contributed by atoms with Crippen LogP contribution in [0.25, 0.3) is 0 Å².